The van der Waals surface area contributed by atoms with Crippen LogP contribution in [0.15, 0.2) is 41.5 Å². The SMILES string of the molecule is Cc1cn2nc(-c3cc(=O)n4cc(N5CCN6CCC[C@]6(C)C5)ccc4n3)cc(C)c2n1. The minimum absolute atomic E-state index is 0.0982. The Hall–Kier alpha value is -3.26. The molecular weight excluding hydrogens is 402 g/mol. The first kappa shape index (κ1) is 19.4. The van der Waals surface area contributed by atoms with Crippen molar-refractivity contribution in [2.24, 2.45) is 0 Å². The maximum Gasteiger partial charge on any atom is 0.258 e. The van der Waals surface area contributed by atoms with E-state index in [1.165, 1.54) is 19.4 Å². The second-order valence-corrected chi connectivity index (χ2v) is 9.47. The van der Waals surface area contributed by atoms with Crippen LogP contribution in [0.2, 0.25) is 0 Å². The van der Waals surface area contributed by atoms with Crippen molar-refractivity contribution in [3.05, 3.63) is 58.3 Å². The molecule has 0 radical (unpaired) electrons. The number of hydrogen-bond acceptors (Lipinski definition) is 6. The fraction of sp³-hybridized carbons (Fsp3) is 0.417. The summed E-state index contributed by atoms with van der Waals surface area (Å²) in [4.78, 5) is 27.3. The minimum atomic E-state index is -0.0982. The summed E-state index contributed by atoms with van der Waals surface area (Å²) in [5, 5.41) is 4.64. The molecule has 4 aromatic heterocycles. The fourth-order valence-electron chi connectivity index (χ4n) is 5.37. The van der Waals surface area contributed by atoms with Gasteiger partial charge in [-0.15, -0.1) is 0 Å². The standard InChI is InChI=1S/C24H27N7O/c1-16-11-20(27-31-13-17(2)25-23(16)31)19-12-22(32)30-14-18(5-6-21(30)26-19)28-9-10-29-8-4-7-24(29,3)15-28/h5-6,11-14H,4,7-10,15H2,1-3H3/t24-/m1/s1. The first-order valence-corrected chi connectivity index (χ1v) is 11.3. The Bertz CT molecular complexity index is 1420. The van der Waals surface area contributed by atoms with Crippen molar-refractivity contribution in [3.8, 4) is 11.4 Å². The molecule has 0 N–H and O–H groups in total. The largest absolute Gasteiger partial charge is 0.367 e. The van der Waals surface area contributed by atoms with Crippen LogP contribution >= 0.6 is 0 Å². The van der Waals surface area contributed by atoms with Crippen LogP contribution in [0.3, 0.4) is 0 Å². The van der Waals surface area contributed by atoms with Crippen LogP contribution in [-0.2, 0) is 0 Å². The fourth-order valence-corrected chi connectivity index (χ4v) is 5.37. The third kappa shape index (κ3) is 3.01. The summed E-state index contributed by atoms with van der Waals surface area (Å²) in [7, 11) is 0. The molecule has 0 aromatic carbocycles. The molecule has 0 aliphatic carbocycles. The van der Waals surface area contributed by atoms with Gasteiger partial charge < -0.3 is 4.90 Å². The molecule has 0 bridgehead atoms. The second kappa shape index (κ2) is 6.87. The summed E-state index contributed by atoms with van der Waals surface area (Å²) < 4.78 is 3.41. The maximum atomic E-state index is 13.1. The van der Waals surface area contributed by atoms with Crippen molar-refractivity contribution in [3.63, 3.8) is 0 Å². The molecule has 1 atom stereocenters. The summed E-state index contributed by atoms with van der Waals surface area (Å²) in [5.74, 6) is 0. The van der Waals surface area contributed by atoms with Gasteiger partial charge in [0.1, 0.15) is 11.3 Å². The number of fused-ring (bicyclic) bond motifs is 3. The zero-order valence-electron chi connectivity index (χ0n) is 18.7. The number of anilines is 1. The average molecular weight is 430 g/mol. The Morgan fingerprint density at radius 3 is 2.75 bits per heavy atom. The molecule has 6 rings (SSSR count). The molecule has 32 heavy (non-hydrogen) atoms. The number of imidazole rings is 1. The van der Waals surface area contributed by atoms with Crippen LogP contribution in [0.25, 0.3) is 22.7 Å². The van der Waals surface area contributed by atoms with Gasteiger partial charge in [-0.3, -0.25) is 14.1 Å². The highest BCUT2D eigenvalue weighted by molar-refractivity contribution is 5.62. The summed E-state index contributed by atoms with van der Waals surface area (Å²) in [6, 6.07) is 7.54. The van der Waals surface area contributed by atoms with E-state index in [2.05, 4.69) is 32.9 Å². The summed E-state index contributed by atoms with van der Waals surface area (Å²) >= 11 is 0. The number of rotatable bonds is 2. The molecule has 6 heterocycles. The van der Waals surface area contributed by atoms with Gasteiger partial charge in [-0.05, 0) is 63.9 Å². The van der Waals surface area contributed by atoms with E-state index < -0.39 is 0 Å². The number of piperazine rings is 1. The number of pyridine rings is 1. The van der Waals surface area contributed by atoms with Crippen molar-refractivity contribution in [2.45, 2.75) is 39.2 Å². The van der Waals surface area contributed by atoms with Crippen molar-refractivity contribution >= 4 is 17.0 Å². The first-order valence-electron chi connectivity index (χ1n) is 11.3. The average Bonchev–Trinajstić information content (AvgIpc) is 3.34. The van der Waals surface area contributed by atoms with Crippen LogP contribution in [0.1, 0.15) is 31.0 Å². The van der Waals surface area contributed by atoms with Crippen molar-refractivity contribution in [2.75, 3.05) is 31.1 Å². The Morgan fingerprint density at radius 1 is 1.00 bits per heavy atom. The zero-order chi connectivity index (χ0) is 22.0. The molecule has 2 aliphatic heterocycles. The molecule has 0 saturated carbocycles. The van der Waals surface area contributed by atoms with Gasteiger partial charge in [-0.2, -0.15) is 5.10 Å². The highest BCUT2D eigenvalue weighted by Gasteiger charge is 2.41. The molecule has 8 nitrogen and oxygen atoms in total. The molecule has 0 amide bonds. The van der Waals surface area contributed by atoms with Crippen molar-refractivity contribution < 1.29 is 0 Å². The van der Waals surface area contributed by atoms with E-state index in [9.17, 15) is 4.79 Å². The van der Waals surface area contributed by atoms with E-state index in [0.717, 1.165) is 42.2 Å². The Balaban J connectivity index is 1.38. The van der Waals surface area contributed by atoms with Crippen LogP contribution < -0.4 is 10.5 Å². The van der Waals surface area contributed by atoms with Gasteiger partial charge in [0, 0.05) is 37.4 Å². The van der Waals surface area contributed by atoms with Gasteiger partial charge in [0.05, 0.1) is 23.3 Å². The lowest BCUT2D eigenvalue weighted by molar-refractivity contribution is 0.138. The molecule has 2 saturated heterocycles. The highest BCUT2D eigenvalue weighted by Crippen LogP contribution is 2.34. The van der Waals surface area contributed by atoms with E-state index in [-0.39, 0.29) is 11.1 Å². The van der Waals surface area contributed by atoms with E-state index in [1.807, 2.05) is 38.4 Å². The molecule has 2 aliphatic rings. The Kier molecular flexibility index (Phi) is 4.17. The monoisotopic (exact) mass is 429 g/mol. The van der Waals surface area contributed by atoms with Gasteiger partial charge >= 0.3 is 0 Å². The third-order valence-electron chi connectivity index (χ3n) is 7.08. The minimum Gasteiger partial charge on any atom is -0.367 e. The zero-order valence-corrected chi connectivity index (χ0v) is 18.7. The molecule has 2 fully saturated rings. The normalized spacial score (nSPS) is 21.5. The molecular formula is C24H27N7O. The van der Waals surface area contributed by atoms with E-state index in [0.29, 0.717) is 17.0 Å². The van der Waals surface area contributed by atoms with Gasteiger partial charge in [0.25, 0.3) is 5.56 Å². The predicted molar refractivity (Wildman–Crippen MR) is 124 cm³/mol. The second-order valence-electron chi connectivity index (χ2n) is 9.47. The number of nitrogens with zero attached hydrogens (tertiary/aromatic N) is 7. The van der Waals surface area contributed by atoms with Crippen LogP contribution in [-0.4, -0.2) is 60.6 Å². The Labute approximate surface area is 186 Å². The van der Waals surface area contributed by atoms with Gasteiger partial charge in [-0.1, -0.05) is 0 Å². The summed E-state index contributed by atoms with van der Waals surface area (Å²) in [6.07, 6.45) is 6.32. The van der Waals surface area contributed by atoms with Crippen molar-refractivity contribution in [1.82, 2.24) is 28.9 Å². The summed E-state index contributed by atoms with van der Waals surface area (Å²) in [6.45, 7) is 10.5. The highest BCUT2D eigenvalue weighted by atomic mass is 16.1. The topological polar surface area (TPSA) is 71.0 Å². The number of aromatic nitrogens is 5. The maximum absolute atomic E-state index is 13.1. The first-order chi connectivity index (χ1) is 15.4. The number of aryl methyl sites for hydroxylation is 2. The van der Waals surface area contributed by atoms with Crippen LogP contribution in [0.5, 0.6) is 0 Å². The predicted octanol–water partition coefficient (Wildman–Crippen LogP) is 2.70. The van der Waals surface area contributed by atoms with E-state index >= 15 is 0 Å². The third-order valence-corrected chi connectivity index (χ3v) is 7.08. The molecule has 4 aromatic rings. The molecule has 0 spiro atoms. The van der Waals surface area contributed by atoms with E-state index in [4.69, 9.17) is 4.98 Å². The molecule has 164 valence electrons. The van der Waals surface area contributed by atoms with Crippen LogP contribution in [0, 0.1) is 13.8 Å². The summed E-state index contributed by atoms with van der Waals surface area (Å²) in [5.41, 5.74) is 5.81. The molecule has 8 heteroatoms. The smallest absolute Gasteiger partial charge is 0.258 e. The van der Waals surface area contributed by atoms with Crippen LogP contribution in [0.4, 0.5) is 5.69 Å². The van der Waals surface area contributed by atoms with Crippen molar-refractivity contribution in [1.29, 1.82) is 0 Å². The molecule has 0 unspecified atom stereocenters. The lowest BCUT2D eigenvalue weighted by atomic mass is 9.95. The van der Waals surface area contributed by atoms with Gasteiger partial charge in [0.2, 0.25) is 0 Å². The lowest BCUT2D eigenvalue weighted by Crippen LogP contribution is -2.57. The van der Waals surface area contributed by atoms with E-state index in [1.54, 1.807) is 15.0 Å². The Morgan fingerprint density at radius 2 is 1.88 bits per heavy atom. The number of hydrogen-bond donors (Lipinski definition) is 0. The quantitative estimate of drug-likeness (QED) is 0.488. The van der Waals surface area contributed by atoms with Gasteiger partial charge in [-0.25, -0.2) is 14.5 Å². The lowest BCUT2D eigenvalue weighted by Gasteiger charge is -2.46. The van der Waals surface area contributed by atoms with Gasteiger partial charge in [0.15, 0.2) is 5.65 Å².